The van der Waals surface area contributed by atoms with Crippen LogP contribution in [0.3, 0.4) is 0 Å². The van der Waals surface area contributed by atoms with E-state index < -0.39 is 0 Å². The van der Waals surface area contributed by atoms with Gasteiger partial charge < -0.3 is 9.72 Å². The third kappa shape index (κ3) is 1.28. The Morgan fingerprint density at radius 2 is 2.50 bits per heavy atom. The van der Waals surface area contributed by atoms with E-state index in [0.717, 1.165) is 0 Å². The molecule has 4 nitrogen and oxygen atoms in total. The third-order valence-electron chi connectivity index (χ3n) is 0.971. The van der Waals surface area contributed by atoms with Gasteiger partial charge in [-0.05, 0) is 22.6 Å². The average molecular weight is 252 g/mol. The van der Waals surface area contributed by atoms with Crippen molar-refractivity contribution in [3.63, 3.8) is 0 Å². The molecule has 0 aliphatic carbocycles. The Bertz CT molecular complexity index is 283. The fourth-order valence-corrected chi connectivity index (χ4v) is 1.15. The molecule has 1 aromatic heterocycles. The van der Waals surface area contributed by atoms with Gasteiger partial charge in [0.15, 0.2) is 3.70 Å². The van der Waals surface area contributed by atoms with Crippen LogP contribution in [0.15, 0.2) is 11.1 Å². The highest BCUT2D eigenvalue weighted by Gasteiger charge is 2.03. The van der Waals surface area contributed by atoms with E-state index in [1.165, 1.54) is 13.4 Å². The molecule has 0 atom stereocenters. The predicted molar refractivity (Wildman–Crippen MR) is 44.1 cm³/mol. The fraction of sp³-hybridized carbons (Fsp3) is 0.200. The highest BCUT2D eigenvalue weighted by atomic mass is 127. The van der Waals surface area contributed by atoms with Gasteiger partial charge in [-0.25, -0.2) is 4.98 Å². The molecule has 0 aliphatic rings. The van der Waals surface area contributed by atoms with Crippen molar-refractivity contribution in [1.82, 2.24) is 9.97 Å². The molecule has 1 heterocycles. The smallest absolute Gasteiger partial charge is 0.294 e. The van der Waals surface area contributed by atoms with E-state index >= 15 is 0 Å². The Hall–Kier alpha value is -0.590. The van der Waals surface area contributed by atoms with Crippen LogP contribution in [0.2, 0.25) is 0 Å². The van der Waals surface area contributed by atoms with Crippen LogP contribution in [-0.2, 0) is 0 Å². The molecule has 0 saturated heterocycles. The monoisotopic (exact) mass is 252 g/mol. The van der Waals surface area contributed by atoms with E-state index in [1.807, 2.05) is 22.6 Å². The van der Waals surface area contributed by atoms with Crippen molar-refractivity contribution < 1.29 is 4.74 Å². The minimum Gasteiger partial charge on any atom is -0.489 e. The Morgan fingerprint density at radius 1 is 1.80 bits per heavy atom. The Kier molecular flexibility index (Phi) is 2.25. The standard InChI is InChI=1S/C5H5IN2O2/c1-10-3-4(6)7-2-8-5(3)9/h2H,1H3,(H,7,8,9). The first-order chi connectivity index (χ1) is 4.75. The molecule has 0 aromatic carbocycles. The molecular weight excluding hydrogens is 247 g/mol. The van der Waals surface area contributed by atoms with Crippen LogP contribution in [0, 0.1) is 3.70 Å². The molecule has 10 heavy (non-hydrogen) atoms. The quantitative estimate of drug-likeness (QED) is 0.580. The van der Waals surface area contributed by atoms with Crippen molar-refractivity contribution in [2.24, 2.45) is 0 Å². The fourth-order valence-electron chi connectivity index (χ4n) is 0.542. The number of halogens is 1. The molecule has 54 valence electrons. The van der Waals surface area contributed by atoms with Gasteiger partial charge in [0.1, 0.15) is 0 Å². The first-order valence-electron chi connectivity index (χ1n) is 2.53. The zero-order valence-electron chi connectivity index (χ0n) is 5.22. The van der Waals surface area contributed by atoms with Gasteiger partial charge in [0.25, 0.3) is 5.56 Å². The number of ether oxygens (including phenoxy) is 1. The van der Waals surface area contributed by atoms with Crippen molar-refractivity contribution in [1.29, 1.82) is 0 Å². The second kappa shape index (κ2) is 3.00. The molecule has 0 fully saturated rings. The van der Waals surface area contributed by atoms with Gasteiger partial charge in [-0.3, -0.25) is 4.79 Å². The topological polar surface area (TPSA) is 55.0 Å². The maximum absolute atomic E-state index is 10.8. The number of nitrogens with one attached hydrogen (secondary N) is 1. The number of H-pyrrole nitrogens is 1. The molecular formula is C5H5IN2O2. The minimum atomic E-state index is -0.248. The second-order valence-electron chi connectivity index (χ2n) is 1.56. The third-order valence-corrected chi connectivity index (χ3v) is 1.74. The minimum absolute atomic E-state index is 0.248. The molecule has 0 unspecified atom stereocenters. The molecule has 0 aliphatic heterocycles. The normalized spacial score (nSPS) is 9.40. The maximum atomic E-state index is 10.8. The summed E-state index contributed by atoms with van der Waals surface area (Å²) in [7, 11) is 1.44. The van der Waals surface area contributed by atoms with Gasteiger partial charge in [0.05, 0.1) is 13.4 Å². The summed E-state index contributed by atoms with van der Waals surface area (Å²) < 4.78 is 5.34. The molecule has 1 aromatic rings. The van der Waals surface area contributed by atoms with E-state index in [9.17, 15) is 4.79 Å². The summed E-state index contributed by atoms with van der Waals surface area (Å²) in [5, 5.41) is 0. The second-order valence-corrected chi connectivity index (χ2v) is 2.58. The lowest BCUT2D eigenvalue weighted by Crippen LogP contribution is -2.11. The summed E-state index contributed by atoms with van der Waals surface area (Å²) >= 11 is 1.93. The van der Waals surface area contributed by atoms with Crippen LogP contribution in [0.5, 0.6) is 5.75 Å². The zero-order valence-corrected chi connectivity index (χ0v) is 7.38. The number of hydrogen-bond donors (Lipinski definition) is 1. The van der Waals surface area contributed by atoms with Crippen molar-refractivity contribution in [3.8, 4) is 5.75 Å². The highest BCUT2D eigenvalue weighted by molar-refractivity contribution is 14.1. The van der Waals surface area contributed by atoms with Gasteiger partial charge in [-0.1, -0.05) is 0 Å². The number of aromatic nitrogens is 2. The predicted octanol–water partition coefficient (Wildman–Crippen LogP) is 0.383. The molecule has 0 saturated carbocycles. The van der Waals surface area contributed by atoms with Crippen LogP contribution < -0.4 is 10.3 Å². The molecule has 0 spiro atoms. The Morgan fingerprint density at radius 3 is 2.90 bits per heavy atom. The Labute approximate surface area is 70.8 Å². The summed E-state index contributed by atoms with van der Waals surface area (Å²) in [6.07, 6.45) is 1.34. The van der Waals surface area contributed by atoms with Crippen LogP contribution in [-0.4, -0.2) is 17.1 Å². The summed E-state index contributed by atoms with van der Waals surface area (Å²) in [6, 6.07) is 0. The van der Waals surface area contributed by atoms with Crippen molar-refractivity contribution in [3.05, 3.63) is 20.4 Å². The lowest BCUT2D eigenvalue weighted by molar-refractivity contribution is 0.402. The summed E-state index contributed by atoms with van der Waals surface area (Å²) in [5.74, 6) is 0.267. The van der Waals surface area contributed by atoms with Gasteiger partial charge in [0.2, 0.25) is 5.75 Å². The van der Waals surface area contributed by atoms with Crippen molar-refractivity contribution in [2.75, 3.05) is 7.11 Å². The highest BCUT2D eigenvalue weighted by Crippen LogP contribution is 2.09. The van der Waals surface area contributed by atoms with Crippen LogP contribution >= 0.6 is 22.6 Å². The lowest BCUT2D eigenvalue weighted by Gasteiger charge is -1.97. The van der Waals surface area contributed by atoms with E-state index in [4.69, 9.17) is 4.74 Å². The van der Waals surface area contributed by atoms with Gasteiger partial charge in [-0.15, -0.1) is 0 Å². The first kappa shape index (κ1) is 7.52. The van der Waals surface area contributed by atoms with Gasteiger partial charge in [-0.2, -0.15) is 0 Å². The van der Waals surface area contributed by atoms with Crippen LogP contribution in [0.25, 0.3) is 0 Å². The van der Waals surface area contributed by atoms with E-state index in [2.05, 4.69) is 9.97 Å². The average Bonchev–Trinajstić information content (AvgIpc) is 1.88. The molecule has 1 rings (SSSR count). The Balaban J connectivity index is 3.31. The van der Waals surface area contributed by atoms with Crippen LogP contribution in [0.1, 0.15) is 0 Å². The van der Waals surface area contributed by atoms with Gasteiger partial charge >= 0.3 is 0 Å². The SMILES string of the molecule is COc1c(I)nc[nH]c1=O. The number of nitrogens with zero attached hydrogens (tertiary/aromatic N) is 1. The number of hydrogen-bond acceptors (Lipinski definition) is 3. The molecule has 1 N–H and O–H groups in total. The number of rotatable bonds is 1. The van der Waals surface area contributed by atoms with Crippen LogP contribution in [0.4, 0.5) is 0 Å². The molecule has 0 bridgehead atoms. The van der Waals surface area contributed by atoms with Crippen molar-refractivity contribution >= 4 is 22.6 Å². The maximum Gasteiger partial charge on any atom is 0.294 e. The first-order valence-corrected chi connectivity index (χ1v) is 3.60. The summed E-state index contributed by atoms with van der Waals surface area (Å²) in [6.45, 7) is 0. The van der Waals surface area contributed by atoms with Gasteiger partial charge in [0, 0.05) is 0 Å². The number of methoxy groups -OCH3 is 1. The van der Waals surface area contributed by atoms with E-state index in [1.54, 1.807) is 0 Å². The molecule has 0 radical (unpaired) electrons. The largest absolute Gasteiger partial charge is 0.489 e. The summed E-state index contributed by atoms with van der Waals surface area (Å²) in [4.78, 5) is 17.1. The zero-order chi connectivity index (χ0) is 7.56. The van der Waals surface area contributed by atoms with E-state index in [0.29, 0.717) is 3.70 Å². The van der Waals surface area contributed by atoms with E-state index in [-0.39, 0.29) is 11.3 Å². The lowest BCUT2D eigenvalue weighted by atomic mass is 10.6. The van der Waals surface area contributed by atoms with Crippen molar-refractivity contribution in [2.45, 2.75) is 0 Å². The summed E-state index contributed by atoms with van der Waals surface area (Å²) in [5.41, 5.74) is -0.248. The molecule has 0 amide bonds. The molecule has 5 heteroatoms. The number of aromatic amines is 1.